The van der Waals surface area contributed by atoms with Gasteiger partial charge in [-0.05, 0) is 37.5 Å². The topological polar surface area (TPSA) is 58.1 Å². The Morgan fingerprint density at radius 2 is 2.09 bits per heavy atom. The molecule has 0 radical (unpaired) electrons. The number of aryl methyl sites for hydroxylation is 2. The first-order valence-electron chi connectivity index (χ1n) is 7.40. The van der Waals surface area contributed by atoms with E-state index in [9.17, 15) is 4.79 Å². The molecule has 1 aromatic carbocycles. The smallest absolute Gasteiger partial charge is 0.243 e. The van der Waals surface area contributed by atoms with Gasteiger partial charge in [0.25, 0.3) is 0 Å². The molecule has 0 fully saturated rings. The van der Waals surface area contributed by atoms with Crippen LogP contribution in [0.2, 0.25) is 0 Å². The summed E-state index contributed by atoms with van der Waals surface area (Å²) >= 11 is 1.54. The number of likely N-dealkylation sites (N-methyl/N-ethyl adjacent to an activating group) is 1. The molecule has 0 saturated carbocycles. The van der Waals surface area contributed by atoms with Crippen LogP contribution < -0.4 is 10.2 Å². The van der Waals surface area contributed by atoms with Gasteiger partial charge < -0.3 is 10.2 Å². The Morgan fingerprint density at radius 1 is 1.32 bits per heavy atom. The fraction of sp³-hybridized carbons (Fsp3) is 0.438. The van der Waals surface area contributed by atoms with Crippen molar-refractivity contribution in [1.29, 1.82) is 0 Å². The predicted octanol–water partition coefficient (Wildman–Crippen LogP) is 3.18. The van der Waals surface area contributed by atoms with Gasteiger partial charge in [-0.3, -0.25) is 4.79 Å². The molecule has 0 spiro atoms. The van der Waals surface area contributed by atoms with E-state index >= 15 is 0 Å². The Balaban J connectivity index is 1.97. The minimum absolute atomic E-state index is 0.0524. The molecule has 0 atom stereocenters. The van der Waals surface area contributed by atoms with E-state index in [1.807, 2.05) is 44.0 Å². The SMILES string of the molecule is CCCc1nnc(N(C)CC(=O)Nc2cccc(C)c2C)s1. The average Bonchev–Trinajstić information content (AvgIpc) is 2.93. The van der Waals surface area contributed by atoms with E-state index in [2.05, 4.69) is 22.4 Å². The van der Waals surface area contributed by atoms with Crippen molar-refractivity contribution in [3.8, 4) is 0 Å². The molecule has 22 heavy (non-hydrogen) atoms. The molecule has 0 saturated heterocycles. The molecule has 1 heterocycles. The number of anilines is 2. The van der Waals surface area contributed by atoms with Crippen molar-refractivity contribution < 1.29 is 4.79 Å². The summed E-state index contributed by atoms with van der Waals surface area (Å²) < 4.78 is 0. The summed E-state index contributed by atoms with van der Waals surface area (Å²) in [6.07, 6.45) is 1.98. The fourth-order valence-electron chi connectivity index (χ4n) is 2.07. The zero-order valence-corrected chi connectivity index (χ0v) is 14.3. The number of benzene rings is 1. The maximum Gasteiger partial charge on any atom is 0.243 e. The summed E-state index contributed by atoms with van der Waals surface area (Å²) in [6, 6.07) is 5.90. The Hall–Kier alpha value is -1.95. The van der Waals surface area contributed by atoms with Crippen LogP contribution in [-0.2, 0) is 11.2 Å². The van der Waals surface area contributed by atoms with Crippen LogP contribution in [0.25, 0.3) is 0 Å². The lowest BCUT2D eigenvalue weighted by Gasteiger charge is -2.16. The Labute approximate surface area is 135 Å². The van der Waals surface area contributed by atoms with Crippen LogP contribution >= 0.6 is 11.3 Å². The van der Waals surface area contributed by atoms with Crippen molar-refractivity contribution in [2.24, 2.45) is 0 Å². The van der Waals surface area contributed by atoms with Gasteiger partial charge in [0.15, 0.2) is 0 Å². The number of amides is 1. The summed E-state index contributed by atoms with van der Waals surface area (Å²) in [4.78, 5) is 14.0. The van der Waals surface area contributed by atoms with E-state index < -0.39 is 0 Å². The van der Waals surface area contributed by atoms with Crippen molar-refractivity contribution >= 4 is 28.1 Å². The number of carbonyl (C=O) groups is 1. The minimum atomic E-state index is -0.0524. The molecule has 0 unspecified atom stereocenters. The van der Waals surface area contributed by atoms with Gasteiger partial charge in [0.1, 0.15) is 5.01 Å². The van der Waals surface area contributed by atoms with E-state index in [0.717, 1.165) is 34.2 Å². The maximum atomic E-state index is 12.2. The van der Waals surface area contributed by atoms with Crippen molar-refractivity contribution in [1.82, 2.24) is 10.2 Å². The van der Waals surface area contributed by atoms with Crippen molar-refractivity contribution in [2.45, 2.75) is 33.6 Å². The monoisotopic (exact) mass is 318 g/mol. The highest BCUT2D eigenvalue weighted by Gasteiger charge is 2.13. The van der Waals surface area contributed by atoms with Gasteiger partial charge in [0.05, 0.1) is 6.54 Å². The van der Waals surface area contributed by atoms with Crippen molar-refractivity contribution in [3.63, 3.8) is 0 Å². The third kappa shape index (κ3) is 4.04. The number of nitrogens with one attached hydrogen (secondary N) is 1. The lowest BCUT2D eigenvalue weighted by atomic mass is 10.1. The molecular weight excluding hydrogens is 296 g/mol. The summed E-state index contributed by atoms with van der Waals surface area (Å²) in [5, 5.41) is 13.0. The molecule has 5 nitrogen and oxygen atoms in total. The highest BCUT2D eigenvalue weighted by Crippen LogP contribution is 2.21. The van der Waals surface area contributed by atoms with Crippen LogP contribution in [-0.4, -0.2) is 29.7 Å². The van der Waals surface area contributed by atoms with Gasteiger partial charge in [-0.25, -0.2) is 0 Å². The van der Waals surface area contributed by atoms with Gasteiger partial charge in [0.2, 0.25) is 11.0 Å². The Bertz CT molecular complexity index is 653. The lowest BCUT2D eigenvalue weighted by Crippen LogP contribution is -2.30. The highest BCUT2D eigenvalue weighted by atomic mass is 32.1. The second-order valence-corrected chi connectivity index (χ2v) is 6.42. The molecule has 1 aromatic heterocycles. The van der Waals surface area contributed by atoms with Crippen LogP contribution in [0, 0.1) is 13.8 Å². The van der Waals surface area contributed by atoms with E-state index in [1.165, 1.54) is 5.56 Å². The molecular formula is C16H22N4OS. The summed E-state index contributed by atoms with van der Waals surface area (Å²) in [6.45, 7) is 6.42. The third-order valence-corrected chi connectivity index (χ3v) is 4.60. The molecule has 0 aliphatic heterocycles. The first-order valence-corrected chi connectivity index (χ1v) is 8.22. The molecule has 1 amide bonds. The summed E-state index contributed by atoms with van der Waals surface area (Å²) in [7, 11) is 1.86. The van der Waals surface area contributed by atoms with Crippen LogP contribution in [0.1, 0.15) is 29.5 Å². The highest BCUT2D eigenvalue weighted by molar-refractivity contribution is 7.15. The second kappa shape index (κ2) is 7.35. The lowest BCUT2D eigenvalue weighted by molar-refractivity contribution is -0.114. The van der Waals surface area contributed by atoms with Crippen LogP contribution in [0.4, 0.5) is 10.8 Å². The second-order valence-electron chi connectivity index (χ2n) is 5.38. The molecule has 118 valence electrons. The number of nitrogens with zero attached hydrogens (tertiary/aromatic N) is 3. The predicted molar refractivity (Wildman–Crippen MR) is 91.7 cm³/mol. The fourth-order valence-corrected chi connectivity index (χ4v) is 2.97. The summed E-state index contributed by atoms with van der Waals surface area (Å²) in [5.41, 5.74) is 3.13. The normalized spacial score (nSPS) is 10.5. The number of carbonyl (C=O) groups excluding carboxylic acids is 1. The molecule has 2 aromatic rings. The molecule has 0 bridgehead atoms. The third-order valence-electron chi connectivity index (χ3n) is 3.51. The minimum Gasteiger partial charge on any atom is -0.340 e. The first-order chi connectivity index (χ1) is 10.5. The van der Waals surface area contributed by atoms with E-state index in [1.54, 1.807) is 11.3 Å². The number of hydrogen-bond acceptors (Lipinski definition) is 5. The molecule has 2 rings (SSSR count). The summed E-state index contributed by atoms with van der Waals surface area (Å²) in [5.74, 6) is -0.0524. The molecule has 0 aliphatic rings. The first kappa shape index (κ1) is 16.4. The van der Waals surface area contributed by atoms with Gasteiger partial charge in [-0.15, -0.1) is 10.2 Å². The molecule has 6 heteroatoms. The zero-order valence-electron chi connectivity index (χ0n) is 13.5. The largest absolute Gasteiger partial charge is 0.340 e. The molecule has 0 aliphatic carbocycles. The van der Waals surface area contributed by atoms with Crippen LogP contribution in [0.15, 0.2) is 18.2 Å². The van der Waals surface area contributed by atoms with Gasteiger partial charge in [-0.2, -0.15) is 0 Å². The van der Waals surface area contributed by atoms with E-state index in [-0.39, 0.29) is 12.5 Å². The van der Waals surface area contributed by atoms with Gasteiger partial charge >= 0.3 is 0 Å². The van der Waals surface area contributed by atoms with Gasteiger partial charge in [0, 0.05) is 19.2 Å². The molecule has 1 N–H and O–H groups in total. The number of rotatable bonds is 6. The van der Waals surface area contributed by atoms with Crippen molar-refractivity contribution in [2.75, 3.05) is 23.8 Å². The quantitative estimate of drug-likeness (QED) is 0.888. The van der Waals surface area contributed by atoms with E-state index in [4.69, 9.17) is 0 Å². The van der Waals surface area contributed by atoms with Gasteiger partial charge in [-0.1, -0.05) is 30.4 Å². The van der Waals surface area contributed by atoms with Crippen molar-refractivity contribution in [3.05, 3.63) is 34.3 Å². The number of aromatic nitrogens is 2. The standard InChI is InChI=1S/C16H22N4OS/c1-5-7-15-18-19-16(22-15)20(4)10-14(21)17-13-9-6-8-11(2)12(13)3/h6,8-9H,5,7,10H2,1-4H3,(H,17,21). The van der Waals surface area contributed by atoms with Crippen LogP contribution in [0.3, 0.4) is 0 Å². The van der Waals surface area contributed by atoms with E-state index in [0.29, 0.717) is 0 Å². The van der Waals surface area contributed by atoms with Crippen LogP contribution in [0.5, 0.6) is 0 Å². The Kier molecular flexibility index (Phi) is 5.49. The zero-order chi connectivity index (χ0) is 16.1. The maximum absolute atomic E-state index is 12.2. The number of hydrogen-bond donors (Lipinski definition) is 1. The Morgan fingerprint density at radius 3 is 2.82 bits per heavy atom. The average molecular weight is 318 g/mol.